The normalized spacial score (nSPS) is 26.2. The second-order valence-electron chi connectivity index (χ2n) is 9.93. The van der Waals surface area contributed by atoms with Crippen molar-refractivity contribution < 1.29 is 28.4 Å². The third-order valence-corrected chi connectivity index (χ3v) is 7.38. The standard InChI is InChI=1S/C24H36BNO6/c1-22(2)23(3,4)32-25(31-22)15-10-13-19-14-16-26(24(19,5)20(27)29-6)21(28)30-17-18-11-8-7-9-12-18/h7-9,11-12,19H,10,13-17H2,1-6H3/t19-,24+/m1/s1. The lowest BCUT2D eigenvalue weighted by Gasteiger charge is -2.36. The fourth-order valence-corrected chi connectivity index (χ4v) is 4.62. The average molecular weight is 445 g/mol. The Labute approximate surface area is 191 Å². The molecule has 1 aromatic rings. The van der Waals surface area contributed by atoms with Crippen molar-refractivity contribution >= 4 is 19.2 Å². The highest BCUT2D eigenvalue weighted by molar-refractivity contribution is 6.45. The number of amides is 1. The first-order chi connectivity index (χ1) is 15.0. The molecule has 2 heterocycles. The van der Waals surface area contributed by atoms with E-state index in [2.05, 4.69) is 0 Å². The number of rotatable bonds is 7. The van der Waals surface area contributed by atoms with Gasteiger partial charge in [-0.15, -0.1) is 0 Å². The summed E-state index contributed by atoms with van der Waals surface area (Å²) in [5.74, 6) is -0.436. The number of methoxy groups -OCH3 is 1. The van der Waals surface area contributed by atoms with Crippen LogP contribution in [-0.4, -0.2) is 54.5 Å². The molecule has 0 unspecified atom stereocenters. The Morgan fingerprint density at radius 1 is 1.09 bits per heavy atom. The third kappa shape index (κ3) is 4.81. The molecule has 1 aromatic carbocycles. The first kappa shape index (κ1) is 24.6. The Bertz CT molecular complexity index is 798. The van der Waals surface area contributed by atoms with E-state index in [4.69, 9.17) is 18.8 Å². The number of hydrogen-bond acceptors (Lipinski definition) is 6. The van der Waals surface area contributed by atoms with E-state index in [-0.39, 0.29) is 30.8 Å². The van der Waals surface area contributed by atoms with Crippen molar-refractivity contribution in [1.29, 1.82) is 0 Å². The van der Waals surface area contributed by atoms with Crippen LogP contribution >= 0.6 is 0 Å². The van der Waals surface area contributed by atoms with Crippen LogP contribution in [0.25, 0.3) is 0 Å². The molecule has 2 saturated heterocycles. The van der Waals surface area contributed by atoms with Gasteiger partial charge in [0.25, 0.3) is 0 Å². The molecule has 32 heavy (non-hydrogen) atoms. The second kappa shape index (κ2) is 9.44. The summed E-state index contributed by atoms with van der Waals surface area (Å²) >= 11 is 0. The molecule has 0 saturated carbocycles. The summed E-state index contributed by atoms with van der Waals surface area (Å²) in [6, 6.07) is 9.50. The van der Waals surface area contributed by atoms with E-state index in [1.54, 1.807) is 6.92 Å². The van der Waals surface area contributed by atoms with Gasteiger partial charge in [-0.3, -0.25) is 4.90 Å². The minimum atomic E-state index is -1.06. The summed E-state index contributed by atoms with van der Waals surface area (Å²) in [4.78, 5) is 27.2. The van der Waals surface area contributed by atoms with Gasteiger partial charge in [-0.2, -0.15) is 0 Å². The van der Waals surface area contributed by atoms with Crippen LogP contribution < -0.4 is 0 Å². The Morgan fingerprint density at radius 3 is 2.31 bits per heavy atom. The number of hydrogen-bond donors (Lipinski definition) is 0. The van der Waals surface area contributed by atoms with Crippen molar-refractivity contribution in [1.82, 2.24) is 4.90 Å². The van der Waals surface area contributed by atoms with Crippen molar-refractivity contribution in [2.24, 2.45) is 5.92 Å². The Balaban J connectivity index is 1.60. The van der Waals surface area contributed by atoms with E-state index >= 15 is 0 Å². The highest BCUT2D eigenvalue weighted by Gasteiger charge is 2.55. The zero-order valence-corrected chi connectivity index (χ0v) is 20.2. The second-order valence-corrected chi connectivity index (χ2v) is 9.93. The van der Waals surface area contributed by atoms with Crippen LogP contribution in [0.15, 0.2) is 30.3 Å². The SMILES string of the molecule is COC(=O)[C@]1(C)[C@H](CCCB2OC(C)(C)C(C)(C)O2)CCN1C(=O)OCc1ccccc1. The van der Waals surface area contributed by atoms with Gasteiger partial charge in [-0.05, 0) is 65.3 Å². The Kier molecular flexibility index (Phi) is 7.25. The molecular formula is C24H36BNO6. The summed E-state index contributed by atoms with van der Waals surface area (Å²) in [5.41, 5.74) is -0.868. The minimum absolute atomic E-state index is 0.0263. The quantitative estimate of drug-likeness (QED) is 0.456. The predicted molar refractivity (Wildman–Crippen MR) is 122 cm³/mol. The first-order valence-corrected chi connectivity index (χ1v) is 11.4. The van der Waals surface area contributed by atoms with E-state index in [0.717, 1.165) is 31.1 Å². The zero-order valence-electron chi connectivity index (χ0n) is 20.2. The van der Waals surface area contributed by atoms with Gasteiger partial charge >= 0.3 is 19.2 Å². The number of carbonyl (C=O) groups is 2. The van der Waals surface area contributed by atoms with E-state index < -0.39 is 17.6 Å². The van der Waals surface area contributed by atoms with Crippen LogP contribution in [0.3, 0.4) is 0 Å². The fraction of sp³-hybridized carbons (Fsp3) is 0.667. The summed E-state index contributed by atoms with van der Waals surface area (Å²) in [6.07, 6.45) is 2.54. The molecule has 8 heteroatoms. The number of likely N-dealkylation sites (tertiary alicyclic amines) is 1. The van der Waals surface area contributed by atoms with Gasteiger partial charge in [-0.1, -0.05) is 36.8 Å². The monoisotopic (exact) mass is 445 g/mol. The first-order valence-electron chi connectivity index (χ1n) is 11.4. The van der Waals surface area contributed by atoms with Crippen LogP contribution in [0, 0.1) is 5.92 Å². The summed E-state index contributed by atoms with van der Waals surface area (Å²) < 4.78 is 22.8. The van der Waals surface area contributed by atoms with Crippen LogP contribution in [-0.2, 0) is 30.2 Å². The molecule has 2 atom stereocenters. The van der Waals surface area contributed by atoms with Crippen LogP contribution in [0.4, 0.5) is 4.79 Å². The molecular weight excluding hydrogens is 409 g/mol. The van der Waals surface area contributed by atoms with Gasteiger partial charge in [0.1, 0.15) is 12.1 Å². The number of esters is 1. The molecule has 1 amide bonds. The van der Waals surface area contributed by atoms with Gasteiger partial charge < -0.3 is 18.8 Å². The van der Waals surface area contributed by atoms with Crippen molar-refractivity contribution in [2.45, 2.75) is 83.5 Å². The van der Waals surface area contributed by atoms with Crippen molar-refractivity contribution in [3.63, 3.8) is 0 Å². The van der Waals surface area contributed by atoms with Gasteiger partial charge in [0.15, 0.2) is 0 Å². The fourth-order valence-electron chi connectivity index (χ4n) is 4.62. The number of nitrogens with zero attached hydrogens (tertiary/aromatic N) is 1. The Hall–Kier alpha value is -2.06. The highest BCUT2D eigenvalue weighted by atomic mass is 16.7. The highest BCUT2D eigenvalue weighted by Crippen LogP contribution is 2.41. The maximum Gasteiger partial charge on any atom is 0.457 e. The lowest BCUT2D eigenvalue weighted by atomic mass is 9.77. The molecule has 176 valence electrons. The number of carbonyl (C=O) groups excluding carboxylic acids is 2. The van der Waals surface area contributed by atoms with Gasteiger partial charge in [0, 0.05) is 6.54 Å². The molecule has 3 rings (SSSR count). The number of ether oxygens (including phenoxy) is 2. The van der Waals surface area contributed by atoms with Gasteiger partial charge in [-0.25, -0.2) is 9.59 Å². The third-order valence-electron chi connectivity index (χ3n) is 7.38. The maximum absolute atomic E-state index is 12.9. The molecule has 0 bridgehead atoms. The lowest BCUT2D eigenvalue weighted by molar-refractivity contribution is -0.154. The summed E-state index contributed by atoms with van der Waals surface area (Å²) in [5, 5.41) is 0. The van der Waals surface area contributed by atoms with Gasteiger partial charge in [0.2, 0.25) is 0 Å². The number of benzene rings is 1. The van der Waals surface area contributed by atoms with Crippen molar-refractivity contribution in [3.05, 3.63) is 35.9 Å². The van der Waals surface area contributed by atoms with Crippen molar-refractivity contribution in [3.8, 4) is 0 Å². The van der Waals surface area contributed by atoms with Crippen LogP contribution in [0.1, 0.15) is 59.4 Å². The summed E-state index contributed by atoms with van der Waals surface area (Å²) in [7, 11) is 1.10. The molecule has 0 spiro atoms. The van der Waals surface area contributed by atoms with Crippen LogP contribution in [0.5, 0.6) is 0 Å². The molecule has 2 fully saturated rings. The molecule has 0 aromatic heterocycles. The topological polar surface area (TPSA) is 74.3 Å². The molecule has 0 aliphatic carbocycles. The molecule has 0 radical (unpaired) electrons. The average Bonchev–Trinajstić information content (AvgIpc) is 3.19. The minimum Gasteiger partial charge on any atom is -0.467 e. The van der Waals surface area contributed by atoms with Crippen molar-refractivity contribution in [2.75, 3.05) is 13.7 Å². The molecule has 2 aliphatic rings. The maximum atomic E-state index is 12.9. The van der Waals surface area contributed by atoms with E-state index in [1.165, 1.54) is 12.0 Å². The van der Waals surface area contributed by atoms with E-state index in [1.807, 2.05) is 58.0 Å². The Morgan fingerprint density at radius 2 is 1.72 bits per heavy atom. The molecule has 2 aliphatic heterocycles. The van der Waals surface area contributed by atoms with Gasteiger partial charge in [0.05, 0.1) is 18.3 Å². The smallest absolute Gasteiger partial charge is 0.457 e. The molecule has 7 nitrogen and oxygen atoms in total. The van der Waals surface area contributed by atoms with E-state index in [9.17, 15) is 9.59 Å². The molecule has 0 N–H and O–H groups in total. The predicted octanol–water partition coefficient (Wildman–Crippen LogP) is 4.45. The van der Waals surface area contributed by atoms with Crippen LogP contribution in [0.2, 0.25) is 6.32 Å². The zero-order chi connectivity index (χ0) is 23.6. The lowest BCUT2D eigenvalue weighted by Crippen LogP contribution is -2.55. The van der Waals surface area contributed by atoms with E-state index in [0.29, 0.717) is 6.54 Å². The largest absolute Gasteiger partial charge is 0.467 e. The summed E-state index contributed by atoms with van der Waals surface area (Å²) in [6.45, 7) is 10.6.